The number of phenolic OH excluding ortho intramolecular Hbond substituents is 8. The van der Waals surface area contributed by atoms with Crippen molar-refractivity contribution in [2.45, 2.75) is 0 Å². The number of phenols is 8. The van der Waals surface area contributed by atoms with Gasteiger partial charge in [0.15, 0.2) is 40.5 Å². The van der Waals surface area contributed by atoms with E-state index in [2.05, 4.69) is 0 Å². The first-order valence-corrected chi connectivity index (χ1v) is 20.3. The van der Waals surface area contributed by atoms with E-state index in [1.54, 1.807) is 12.1 Å². The van der Waals surface area contributed by atoms with Gasteiger partial charge in [-0.3, -0.25) is 4.57 Å². The summed E-state index contributed by atoms with van der Waals surface area (Å²) in [5.74, 6) is -6.95. The van der Waals surface area contributed by atoms with Crippen LogP contribution >= 0.6 is 0 Å². The fourth-order valence-corrected chi connectivity index (χ4v) is 9.12. The predicted molar refractivity (Wildman–Crippen MR) is 245 cm³/mol. The summed E-state index contributed by atoms with van der Waals surface area (Å²) in [6.07, 6.45) is 0. The van der Waals surface area contributed by atoms with Crippen molar-refractivity contribution in [3.05, 3.63) is 140 Å². The van der Waals surface area contributed by atoms with Gasteiger partial charge in [-0.05, 0) is 36.4 Å². The van der Waals surface area contributed by atoms with Crippen LogP contribution in [0.1, 0.15) is 0 Å². The molecule has 8 aromatic carbocycles. The van der Waals surface area contributed by atoms with Gasteiger partial charge in [-0.2, -0.15) is 0 Å². The van der Waals surface area contributed by atoms with Crippen molar-refractivity contribution in [2.75, 3.05) is 0 Å². The van der Waals surface area contributed by atoms with Gasteiger partial charge in [0.05, 0.1) is 38.6 Å². The Morgan fingerprint density at radius 2 is 0.815 bits per heavy atom. The summed E-state index contributed by atoms with van der Waals surface area (Å²) in [6.45, 7) is 0. The molecule has 0 spiro atoms. The Hall–Kier alpha value is -9.43. The minimum Gasteiger partial charge on any atom is -0.504 e. The van der Waals surface area contributed by atoms with E-state index in [0.29, 0.717) is 50.7 Å². The van der Waals surface area contributed by atoms with Crippen LogP contribution in [-0.2, 0) is 0 Å². The lowest BCUT2D eigenvalue weighted by atomic mass is 10.1. The molecule has 8 N–H and O–H groups in total. The molecular formula is C51H31N5O9. The maximum absolute atomic E-state index is 11.7. The highest BCUT2D eigenvalue weighted by Crippen LogP contribution is 2.59. The standard InChI is InChI=1S/C51H31N5O9/c57-41-36-37-40(44(60)48(64)46(62)42(37)58)56(39(36)43(59)47(63)45(41)61)32-21-22-33-35(38(32)55-30-17-9-7-15-27(30)28-16-8-10-18-31(28)55)29-20-19-26(23-34(29)65-33)51-53-49(24-11-3-1-4-12-24)52-50(54-51)25-13-5-2-6-14-25/h1-23,57-64H. The molecule has 0 aliphatic rings. The molecule has 0 aliphatic carbocycles. The molecule has 0 radical (unpaired) electrons. The first kappa shape index (κ1) is 37.3. The molecule has 0 fully saturated rings. The fourth-order valence-electron chi connectivity index (χ4n) is 9.12. The van der Waals surface area contributed by atoms with E-state index in [9.17, 15) is 40.9 Å². The molecule has 314 valence electrons. The molecule has 4 aromatic heterocycles. The van der Waals surface area contributed by atoms with Gasteiger partial charge in [0, 0.05) is 32.8 Å². The molecule has 0 bridgehead atoms. The number of aromatic hydroxyl groups is 8. The molecular weight excluding hydrogens is 827 g/mol. The highest BCUT2D eigenvalue weighted by atomic mass is 16.4. The zero-order valence-corrected chi connectivity index (χ0v) is 33.5. The fraction of sp³-hybridized carbons (Fsp3) is 0. The molecule has 65 heavy (non-hydrogen) atoms. The van der Waals surface area contributed by atoms with Gasteiger partial charge >= 0.3 is 0 Å². The molecule has 0 aliphatic heterocycles. The first-order valence-electron chi connectivity index (χ1n) is 20.3. The Kier molecular flexibility index (Phi) is 7.77. The summed E-state index contributed by atoms with van der Waals surface area (Å²) in [4.78, 5) is 14.7. The molecule has 14 nitrogen and oxygen atoms in total. The lowest BCUT2D eigenvalue weighted by molar-refractivity contribution is 0.350. The molecule has 0 unspecified atom stereocenters. The second-order valence-electron chi connectivity index (χ2n) is 15.6. The minimum absolute atomic E-state index is 0.174. The van der Waals surface area contributed by atoms with Crippen LogP contribution in [0.25, 0.3) is 111 Å². The molecule has 0 saturated carbocycles. The highest BCUT2D eigenvalue weighted by Gasteiger charge is 2.34. The van der Waals surface area contributed by atoms with Gasteiger partial charge < -0.3 is 49.8 Å². The van der Waals surface area contributed by atoms with Crippen LogP contribution in [0.15, 0.2) is 144 Å². The molecule has 0 amide bonds. The van der Waals surface area contributed by atoms with Crippen LogP contribution in [0.4, 0.5) is 0 Å². The number of rotatable bonds is 5. The Morgan fingerprint density at radius 3 is 1.34 bits per heavy atom. The number of aromatic nitrogens is 5. The minimum atomic E-state index is -1.12. The molecule has 0 saturated heterocycles. The average molecular weight is 858 g/mol. The van der Waals surface area contributed by atoms with Crippen LogP contribution in [-0.4, -0.2) is 64.9 Å². The molecule has 12 aromatic rings. The van der Waals surface area contributed by atoms with Gasteiger partial charge in [-0.15, -0.1) is 0 Å². The summed E-state index contributed by atoms with van der Waals surface area (Å²) >= 11 is 0. The second kappa shape index (κ2) is 13.5. The van der Waals surface area contributed by atoms with Crippen LogP contribution in [0.3, 0.4) is 0 Å². The van der Waals surface area contributed by atoms with Crippen molar-refractivity contribution in [1.82, 2.24) is 24.1 Å². The maximum atomic E-state index is 11.7. The van der Waals surface area contributed by atoms with Crippen molar-refractivity contribution < 1.29 is 45.3 Å². The largest absolute Gasteiger partial charge is 0.504 e. The quantitative estimate of drug-likeness (QED) is 0.0598. The third-order valence-corrected chi connectivity index (χ3v) is 12.0. The van der Waals surface area contributed by atoms with Crippen molar-refractivity contribution in [2.24, 2.45) is 0 Å². The maximum Gasteiger partial charge on any atom is 0.206 e. The summed E-state index contributed by atoms with van der Waals surface area (Å²) in [5.41, 5.74) is 4.35. The van der Waals surface area contributed by atoms with Crippen LogP contribution < -0.4 is 0 Å². The lowest BCUT2D eigenvalue weighted by Gasteiger charge is -2.19. The summed E-state index contributed by atoms with van der Waals surface area (Å²) < 4.78 is 9.90. The first-order chi connectivity index (χ1) is 31.6. The van der Waals surface area contributed by atoms with Crippen molar-refractivity contribution in [3.63, 3.8) is 0 Å². The smallest absolute Gasteiger partial charge is 0.206 e. The zero-order valence-electron chi connectivity index (χ0n) is 33.5. The number of benzene rings is 8. The van der Waals surface area contributed by atoms with E-state index in [4.69, 9.17) is 19.4 Å². The van der Waals surface area contributed by atoms with E-state index >= 15 is 0 Å². The van der Waals surface area contributed by atoms with Gasteiger partial charge in [0.2, 0.25) is 23.0 Å². The summed E-state index contributed by atoms with van der Waals surface area (Å²) in [7, 11) is 0. The van der Waals surface area contributed by atoms with Gasteiger partial charge in [-0.1, -0.05) is 103 Å². The van der Waals surface area contributed by atoms with Crippen molar-refractivity contribution in [1.29, 1.82) is 0 Å². The molecule has 4 heterocycles. The third kappa shape index (κ3) is 5.18. The Labute approximate surface area is 364 Å². The van der Waals surface area contributed by atoms with Crippen LogP contribution in [0, 0.1) is 0 Å². The predicted octanol–water partition coefficient (Wildman–Crippen LogP) is 10.6. The van der Waals surface area contributed by atoms with Crippen LogP contribution in [0.2, 0.25) is 0 Å². The number of furan rings is 1. The number of hydrogen-bond acceptors (Lipinski definition) is 12. The number of hydrogen-bond donors (Lipinski definition) is 8. The normalized spacial score (nSPS) is 11.9. The Balaban J connectivity index is 1.22. The van der Waals surface area contributed by atoms with Gasteiger partial charge in [0.25, 0.3) is 0 Å². The highest BCUT2D eigenvalue weighted by molar-refractivity contribution is 6.22. The van der Waals surface area contributed by atoms with E-state index in [1.807, 2.05) is 132 Å². The molecule has 0 atom stereocenters. The van der Waals surface area contributed by atoms with E-state index in [1.165, 1.54) is 4.57 Å². The SMILES string of the molecule is Oc1c(O)c(O)c2c(c1O)c1c(O)c(O)c(O)c(O)c1n2-c1ccc2oc3cc(-c4nc(-c5ccccc5)nc(-c5ccccc5)n4)ccc3c2c1-n1c2ccccc2c2ccccc21. The topological polar surface area (TPSA) is 224 Å². The number of nitrogens with zero attached hydrogens (tertiary/aromatic N) is 5. The summed E-state index contributed by atoms with van der Waals surface area (Å²) in [6, 6.07) is 43.5. The Bertz CT molecular complexity index is 3800. The zero-order chi connectivity index (χ0) is 44.4. The Morgan fingerprint density at radius 1 is 0.354 bits per heavy atom. The van der Waals surface area contributed by atoms with Crippen molar-refractivity contribution in [3.8, 4) is 91.5 Å². The molecule has 14 heteroatoms. The summed E-state index contributed by atoms with van der Waals surface area (Å²) in [5, 5.41) is 91.7. The van der Waals surface area contributed by atoms with Crippen LogP contribution in [0.5, 0.6) is 46.0 Å². The van der Waals surface area contributed by atoms with Gasteiger partial charge in [0.1, 0.15) is 22.2 Å². The number of fused-ring (bicyclic) bond motifs is 9. The second-order valence-corrected chi connectivity index (χ2v) is 15.6. The van der Waals surface area contributed by atoms with E-state index in [-0.39, 0.29) is 5.69 Å². The monoisotopic (exact) mass is 857 g/mol. The van der Waals surface area contributed by atoms with E-state index < -0.39 is 67.8 Å². The molecule has 12 rings (SSSR count). The van der Waals surface area contributed by atoms with Crippen molar-refractivity contribution >= 4 is 65.6 Å². The van der Waals surface area contributed by atoms with E-state index in [0.717, 1.165) is 32.9 Å². The van der Waals surface area contributed by atoms with Gasteiger partial charge in [-0.25, -0.2) is 15.0 Å². The number of para-hydroxylation sites is 2. The lowest BCUT2D eigenvalue weighted by Crippen LogP contribution is -2.04. The average Bonchev–Trinajstić information content (AvgIpc) is 4.02. The third-order valence-electron chi connectivity index (χ3n) is 12.0.